The molecule has 20 heavy (non-hydrogen) atoms. The van der Waals surface area contributed by atoms with Gasteiger partial charge in [-0.05, 0) is 57.2 Å². The molecule has 1 aliphatic rings. The van der Waals surface area contributed by atoms with Crippen LogP contribution in [0.15, 0.2) is 18.2 Å². The molecule has 1 aromatic carbocycles. The summed E-state index contributed by atoms with van der Waals surface area (Å²) in [6.45, 7) is 5.54. The quantitative estimate of drug-likeness (QED) is 0.887. The number of aryl methyl sites for hydroxylation is 2. The molecule has 3 heteroatoms. The van der Waals surface area contributed by atoms with Gasteiger partial charge in [0.15, 0.2) is 0 Å². The van der Waals surface area contributed by atoms with Gasteiger partial charge in [0.25, 0.3) is 5.91 Å². The highest BCUT2D eigenvalue weighted by Gasteiger charge is 2.24. The van der Waals surface area contributed by atoms with E-state index in [0.717, 1.165) is 29.8 Å². The smallest absolute Gasteiger partial charge is 0.251 e. The van der Waals surface area contributed by atoms with Crippen molar-refractivity contribution < 1.29 is 4.79 Å². The number of amides is 1. The summed E-state index contributed by atoms with van der Waals surface area (Å²) in [7, 11) is 0. The van der Waals surface area contributed by atoms with E-state index in [1.165, 1.54) is 25.7 Å². The van der Waals surface area contributed by atoms with Crippen LogP contribution in [0.5, 0.6) is 0 Å². The Morgan fingerprint density at radius 3 is 2.35 bits per heavy atom. The molecule has 0 aromatic heterocycles. The highest BCUT2D eigenvalue weighted by Crippen LogP contribution is 2.28. The van der Waals surface area contributed by atoms with Crippen molar-refractivity contribution in [3.8, 4) is 0 Å². The van der Waals surface area contributed by atoms with Gasteiger partial charge in [-0.25, -0.2) is 0 Å². The fourth-order valence-corrected chi connectivity index (χ4v) is 3.30. The molecule has 2 rings (SSSR count). The Labute approximate surface area is 121 Å². The first kappa shape index (κ1) is 15.0. The van der Waals surface area contributed by atoms with Gasteiger partial charge in [-0.15, -0.1) is 0 Å². The maximum absolute atomic E-state index is 12.2. The third-order valence-electron chi connectivity index (χ3n) is 4.38. The second-order valence-corrected chi connectivity index (χ2v) is 6.13. The first-order chi connectivity index (χ1) is 9.60. The van der Waals surface area contributed by atoms with E-state index in [1.54, 1.807) is 0 Å². The predicted octanol–water partition coefficient (Wildman–Crippen LogP) is 2.80. The molecule has 0 saturated heterocycles. The lowest BCUT2D eigenvalue weighted by molar-refractivity contribution is 0.0935. The third kappa shape index (κ3) is 3.83. The lowest BCUT2D eigenvalue weighted by atomic mass is 9.79. The molecular weight excluding hydrogens is 248 g/mol. The van der Waals surface area contributed by atoms with Crippen LogP contribution in [-0.2, 0) is 0 Å². The zero-order valence-corrected chi connectivity index (χ0v) is 12.6. The summed E-state index contributed by atoms with van der Waals surface area (Å²) in [6.07, 6.45) is 4.94. The Morgan fingerprint density at radius 2 is 1.75 bits per heavy atom. The van der Waals surface area contributed by atoms with Crippen LogP contribution in [0.1, 0.15) is 47.2 Å². The molecular formula is C17H26N2O. The largest absolute Gasteiger partial charge is 0.352 e. The van der Waals surface area contributed by atoms with Gasteiger partial charge in [-0.1, -0.05) is 30.0 Å². The fraction of sp³-hybridized carbons (Fsp3) is 0.588. The highest BCUT2D eigenvalue weighted by molar-refractivity contribution is 5.94. The van der Waals surface area contributed by atoms with Crippen LogP contribution in [0.3, 0.4) is 0 Å². The molecule has 1 aromatic rings. The van der Waals surface area contributed by atoms with E-state index in [-0.39, 0.29) is 5.91 Å². The van der Waals surface area contributed by atoms with Gasteiger partial charge in [0.2, 0.25) is 0 Å². The third-order valence-corrected chi connectivity index (χ3v) is 4.38. The minimum atomic E-state index is 0.0399. The first-order valence-corrected chi connectivity index (χ1v) is 7.66. The average Bonchev–Trinajstić information content (AvgIpc) is 2.44. The molecule has 1 fully saturated rings. The Kier molecular flexibility index (Phi) is 5.18. The lowest BCUT2D eigenvalue weighted by Crippen LogP contribution is -2.36. The summed E-state index contributed by atoms with van der Waals surface area (Å²) in [5.41, 5.74) is 8.87. The summed E-state index contributed by atoms with van der Waals surface area (Å²) in [5, 5.41) is 3.09. The molecule has 0 bridgehead atoms. The zero-order chi connectivity index (χ0) is 14.5. The normalized spacial score (nSPS) is 22.6. The molecule has 0 spiro atoms. The van der Waals surface area contributed by atoms with E-state index < -0.39 is 0 Å². The van der Waals surface area contributed by atoms with E-state index in [2.05, 4.69) is 11.4 Å². The summed E-state index contributed by atoms with van der Waals surface area (Å²) in [4.78, 5) is 12.2. The number of nitrogens with one attached hydrogen (secondary N) is 1. The molecule has 3 N–H and O–H groups in total. The molecule has 0 aliphatic heterocycles. The predicted molar refractivity (Wildman–Crippen MR) is 82.8 cm³/mol. The highest BCUT2D eigenvalue weighted by atomic mass is 16.1. The molecule has 2 unspecified atom stereocenters. The second-order valence-electron chi connectivity index (χ2n) is 6.13. The van der Waals surface area contributed by atoms with Gasteiger partial charge < -0.3 is 11.1 Å². The standard InChI is InChI=1S/C17H26N2O/c1-12-7-13(2)9-16(8-12)17(20)19-11-15-6-4-3-5-14(15)10-18/h7-9,14-15H,3-6,10-11,18H2,1-2H3,(H,19,20). The van der Waals surface area contributed by atoms with E-state index in [4.69, 9.17) is 5.73 Å². The van der Waals surface area contributed by atoms with Crippen molar-refractivity contribution in [3.63, 3.8) is 0 Å². The van der Waals surface area contributed by atoms with Gasteiger partial charge in [0.05, 0.1) is 0 Å². The van der Waals surface area contributed by atoms with Gasteiger partial charge in [0.1, 0.15) is 0 Å². The van der Waals surface area contributed by atoms with Gasteiger partial charge in [-0.2, -0.15) is 0 Å². The number of carbonyl (C=O) groups is 1. The number of rotatable bonds is 4. The number of hydrogen-bond acceptors (Lipinski definition) is 2. The van der Waals surface area contributed by atoms with Crippen molar-refractivity contribution >= 4 is 5.91 Å². The van der Waals surface area contributed by atoms with Crippen LogP contribution in [0.2, 0.25) is 0 Å². The molecule has 2 atom stereocenters. The van der Waals surface area contributed by atoms with Crippen LogP contribution in [0.25, 0.3) is 0 Å². The zero-order valence-electron chi connectivity index (χ0n) is 12.6. The van der Waals surface area contributed by atoms with Crippen molar-refractivity contribution in [2.75, 3.05) is 13.1 Å². The van der Waals surface area contributed by atoms with Crippen LogP contribution < -0.4 is 11.1 Å². The Balaban J connectivity index is 1.94. The molecule has 3 nitrogen and oxygen atoms in total. The molecule has 0 heterocycles. The number of hydrogen-bond donors (Lipinski definition) is 2. The van der Waals surface area contributed by atoms with Gasteiger partial charge >= 0.3 is 0 Å². The van der Waals surface area contributed by atoms with Crippen LogP contribution >= 0.6 is 0 Å². The first-order valence-electron chi connectivity index (χ1n) is 7.66. The van der Waals surface area contributed by atoms with Crippen LogP contribution in [0.4, 0.5) is 0 Å². The molecule has 110 valence electrons. The average molecular weight is 274 g/mol. The molecule has 1 amide bonds. The van der Waals surface area contributed by atoms with Crippen molar-refractivity contribution in [1.29, 1.82) is 0 Å². The van der Waals surface area contributed by atoms with Crippen molar-refractivity contribution in [2.45, 2.75) is 39.5 Å². The fourth-order valence-electron chi connectivity index (χ4n) is 3.30. The topological polar surface area (TPSA) is 55.1 Å². The Morgan fingerprint density at radius 1 is 1.15 bits per heavy atom. The summed E-state index contributed by atoms with van der Waals surface area (Å²) >= 11 is 0. The number of nitrogens with two attached hydrogens (primary N) is 1. The van der Waals surface area contributed by atoms with Crippen molar-refractivity contribution in [2.24, 2.45) is 17.6 Å². The van der Waals surface area contributed by atoms with Gasteiger partial charge in [0, 0.05) is 12.1 Å². The summed E-state index contributed by atoms with van der Waals surface area (Å²) in [6, 6.07) is 5.98. The SMILES string of the molecule is Cc1cc(C)cc(C(=O)NCC2CCCCC2CN)c1. The summed E-state index contributed by atoms with van der Waals surface area (Å²) < 4.78 is 0. The van der Waals surface area contributed by atoms with E-state index >= 15 is 0 Å². The second kappa shape index (κ2) is 6.89. The van der Waals surface area contributed by atoms with Crippen LogP contribution in [-0.4, -0.2) is 19.0 Å². The molecule has 0 radical (unpaired) electrons. The van der Waals surface area contributed by atoms with E-state index in [0.29, 0.717) is 11.8 Å². The van der Waals surface area contributed by atoms with Crippen LogP contribution in [0, 0.1) is 25.7 Å². The monoisotopic (exact) mass is 274 g/mol. The number of carbonyl (C=O) groups excluding carboxylic acids is 1. The van der Waals surface area contributed by atoms with Crippen molar-refractivity contribution in [1.82, 2.24) is 5.32 Å². The van der Waals surface area contributed by atoms with E-state index in [9.17, 15) is 4.79 Å². The Hall–Kier alpha value is -1.35. The van der Waals surface area contributed by atoms with Crippen molar-refractivity contribution in [3.05, 3.63) is 34.9 Å². The maximum Gasteiger partial charge on any atom is 0.251 e. The minimum absolute atomic E-state index is 0.0399. The lowest BCUT2D eigenvalue weighted by Gasteiger charge is -2.30. The van der Waals surface area contributed by atoms with E-state index in [1.807, 2.05) is 26.0 Å². The van der Waals surface area contributed by atoms with Gasteiger partial charge in [-0.3, -0.25) is 4.79 Å². The maximum atomic E-state index is 12.2. The molecule has 1 saturated carbocycles. The summed E-state index contributed by atoms with van der Waals surface area (Å²) in [5.74, 6) is 1.16. The Bertz CT molecular complexity index is 450. The minimum Gasteiger partial charge on any atom is -0.352 e. The number of benzene rings is 1. The molecule has 1 aliphatic carbocycles.